The summed E-state index contributed by atoms with van der Waals surface area (Å²) in [4.78, 5) is 20.7. The highest BCUT2D eigenvalue weighted by molar-refractivity contribution is 8.93. The maximum atomic E-state index is 12.3. The van der Waals surface area contributed by atoms with E-state index < -0.39 is 0 Å². The summed E-state index contributed by atoms with van der Waals surface area (Å²) < 4.78 is 0. The van der Waals surface area contributed by atoms with Gasteiger partial charge < -0.3 is 15.5 Å². The molecule has 1 amide bonds. The predicted octanol–water partition coefficient (Wildman–Crippen LogP) is 4.29. The lowest BCUT2D eigenvalue weighted by Gasteiger charge is -2.17. The van der Waals surface area contributed by atoms with Gasteiger partial charge in [-0.15, -0.1) is 17.0 Å². The number of amides is 1. The van der Waals surface area contributed by atoms with Crippen molar-refractivity contribution in [3.05, 3.63) is 60.2 Å². The van der Waals surface area contributed by atoms with Gasteiger partial charge in [-0.2, -0.15) is 0 Å². The molecule has 1 saturated heterocycles. The first-order valence-electron chi connectivity index (χ1n) is 9.63. The van der Waals surface area contributed by atoms with E-state index in [2.05, 4.69) is 22.0 Å². The summed E-state index contributed by atoms with van der Waals surface area (Å²) in [5, 5.41) is 0. The summed E-state index contributed by atoms with van der Waals surface area (Å²) >= 11 is 0. The number of hydrogen-bond acceptors (Lipinski definition) is 2. The lowest BCUT2D eigenvalue weighted by molar-refractivity contribution is -0.118. The SMILES string of the molecule is Br.CN(C(=O)CCCc1ccc(N=C(N)N2CCCC2)cc1)c1ccccc1. The number of halogens is 1. The Balaban J connectivity index is 0.00000280. The molecule has 1 aliphatic rings. The molecule has 1 heterocycles. The van der Waals surface area contributed by atoms with Crippen LogP contribution in [0.5, 0.6) is 0 Å². The molecule has 2 N–H and O–H groups in total. The van der Waals surface area contributed by atoms with Crippen LogP contribution < -0.4 is 10.6 Å². The van der Waals surface area contributed by atoms with E-state index in [-0.39, 0.29) is 22.9 Å². The quantitative estimate of drug-likeness (QED) is 0.533. The van der Waals surface area contributed by atoms with Gasteiger partial charge in [-0.25, -0.2) is 4.99 Å². The number of nitrogens with zero attached hydrogens (tertiary/aromatic N) is 3. The summed E-state index contributed by atoms with van der Waals surface area (Å²) in [5.74, 6) is 0.746. The second-order valence-corrected chi connectivity index (χ2v) is 6.97. The van der Waals surface area contributed by atoms with Crippen LogP contribution in [0.3, 0.4) is 0 Å². The van der Waals surface area contributed by atoms with Gasteiger partial charge in [0.2, 0.25) is 5.91 Å². The molecule has 0 aromatic heterocycles. The molecule has 0 aliphatic carbocycles. The zero-order valence-electron chi connectivity index (χ0n) is 16.4. The van der Waals surface area contributed by atoms with Crippen LogP contribution >= 0.6 is 17.0 Å². The van der Waals surface area contributed by atoms with E-state index >= 15 is 0 Å². The number of benzene rings is 2. The molecule has 0 bridgehead atoms. The van der Waals surface area contributed by atoms with E-state index in [1.54, 1.807) is 4.90 Å². The third-order valence-corrected chi connectivity index (χ3v) is 4.98. The molecule has 0 saturated carbocycles. The number of aliphatic imine (C=N–C) groups is 1. The fourth-order valence-electron chi connectivity index (χ4n) is 3.29. The monoisotopic (exact) mass is 444 g/mol. The van der Waals surface area contributed by atoms with Crippen molar-refractivity contribution in [2.24, 2.45) is 10.7 Å². The lowest BCUT2D eigenvalue weighted by Crippen LogP contribution is -2.34. The molecule has 1 aliphatic heterocycles. The Hall–Kier alpha value is -2.34. The van der Waals surface area contributed by atoms with Crippen LogP contribution in [0.25, 0.3) is 0 Å². The Kier molecular flexibility index (Phi) is 8.51. The molecular weight excluding hydrogens is 416 g/mol. The zero-order chi connectivity index (χ0) is 19.1. The standard InChI is InChI=1S/C22H28N4O.BrH/c1-25(20-9-3-2-4-10-20)21(27)11-7-8-18-12-14-19(15-13-18)24-22(23)26-16-5-6-17-26;/h2-4,9-10,12-15H,5-8,11,16-17H2,1H3,(H2,23,24);1H. The number of rotatable bonds is 6. The molecule has 0 spiro atoms. The average Bonchev–Trinajstić information content (AvgIpc) is 3.24. The minimum Gasteiger partial charge on any atom is -0.369 e. The van der Waals surface area contributed by atoms with Gasteiger partial charge in [-0.1, -0.05) is 30.3 Å². The lowest BCUT2D eigenvalue weighted by atomic mass is 10.1. The first-order valence-corrected chi connectivity index (χ1v) is 9.63. The number of carbonyl (C=O) groups excluding carboxylic acids is 1. The highest BCUT2D eigenvalue weighted by Crippen LogP contribution is 2.17. The van der Waals surface area contributed by atoms with Crippen molar-refractivity contribution in [2.75, 3.05) is 25.0 Å². The number of carbonyl (C=O) groups is 1. The molecule has 0 radical (unpaired) electrons. The normalized spacial score (nSPS) is 13.9. The molecule has 3 rings (SSSR count). The minimum absolute atomic E-state index is 0. The van der Waals surface area contributed by atoms with Gasteiger partial charge in [0.25, 0.3) is 0 Å². The Morgan fingerprint density at radius 2 is 1.71 bits per heavy atom. The second-order valence-electron chi connectivity index (χ2n) is 6.97. The molecular formula is C22H29BrN4O. The van der Waals surface area contributed by atoms with E-state index in [0.717, 1.165) is 37.3 Å². The first-order chi connectivity index (χ1) is 13.1. The number of para-hydroxylation sites is 1. The first kappa shape index (κ1) is 22.0. The highest BCUT2D eigenvalue weighted by atomic mass is 79.9. The minimum atomic E-state index is 0. The predicted molar refractivity (Wildman–Crippen MR) is 122 cm³/mol. The zero-order valence-corrected chi connectivity index (χ0v) is 18.1. The molecule has 0 unspecified atom stereocenters. The van der Waals surface area contributed by atoms with Crippen LogP contribution in [-0.2, 0) is 11.2 Å². The van der Waals surface area contributed by atoms with Crippen molar-refractivity contribution < 1.29 is 4.79 Å². The summed E-state index contributed by atoms with van der Waals surface area (Å²) in [6.07, 6.45) is 4.61. The third kappa shape index (κ3) is 6.09. The number of guanidine groups is 1. The number of nitrogens with two attached hydrogens (primary N) is 1. The third-order valence-electron chi connectivity index (χ3n) is 4.98. The fourth-order valence-corrected chi connectivity index (χ4v) is 3.29. The van der Waals surface area contributed by atoms with Crippen molar-refractivity contribution >= 4 is 40.2 Å². The topological polar surface area (TPSA) is 61.9 Å². The Bertz CT molecular complexity index is 771. The number of aryl methyl sites for hydroxylation is 1. The van der Waals surface area contributed by atoms with E-state index in [4.69, 9.17) is 5.73 Å². The van der Waals surface area contributed by atoms with Crippen molar-refractivity contribution in [3.8, 4) is 0 Å². The van der Waals surface area contributed by atoms with Gasteiger partial charge in [0, 0.05) is 32.2 Å². The van der Waals surface area contributed by atoms with E-state index in [0.29, 0.717) is 12.4 Å². The van der Waals surface area contributed by atoms with Gasteiger partial charge in [-0.05, 0) is 55.5 Å². The van der Waals surface area contributed by atoms with Crippen molar-refractivity contribution in [2.45, 2.75) is 32.1 Å². The summed E-state index contributed by atoms with van der Waals surface area (Å²) in [6, 6.07) is 17.9. The molecule has 6 heteroatoms. The Morgan fingerprint density at radius 3 is 2.36 bits per heavy atom. The van der Waals surface area contributed by atoms with Crippen LogP contribution in [0, 0.1) is 0 Å². The van der Waals surface area contributed by atoms with Crippen LogP contribution in [0.2, 0.25) is 0 Å². The highest BCUT2D eigenvalue weighted by Gasteiger charge is 2.13. The molecule has 1 fully saturated rings. The molecule has 150 valence electrons. The van der Waals surface area contributed by atoms with Gasteiger partial charge >= 0.3 is 0 Å². The molecule has 2 aromatic rings. The van der Waals surface area contributed by atoms with Crippen LogP contribution in [0.15, 0.2) is 59.6 Å². The van der Waals surface area contributed by atoms with Crippen LogP contribution in [0.1, 0.15) is 31.2 Å². The van der Waals surface area contributed by atoms with E-state index in [1.807, 2.05) is 49.5 Å². The van der Waals surface area contributed by atoms with Crippen molar-refractivity contribution in [1.82, 2.24) is 4.90 Å². The van der Waals surface area contributed by atoms with Crippen molar-refractivity contribution in [3.63, 3.8) is 0 Å². The van der Waals surface area contributed by atoms with Crippen molar-refractivity contribution in [1.29, 1.82) is 0 Å². The average molecular weight is 445 g/mol. The van der Waals surface area contributed by atoms with Crippen LogP contribution in [0.4, 0.5) is 11.4 Å². The number of anilines is 1. The summed E-state index contributed by atoms with van der Waals surface area (Å²) in [5.41, 5.74) is 9.09. The second kappa shape index (κ2) is 10.9. The maximum Gasteiger partial charge on any atom is 0.226 e. The Morgan fingerprint density at radius 1 is 1.07 bits per heavy atom. The Labute approximate surface area is 178 Å². The molecule has 28 heavy (non-hydrogen) atoms. The molecule has 0 atom stereocenters. The van der Waals surface area contributed by atoms with Gasteiger partial charge in [0.05, 0.1) is 5.69 Å². The number of hydrogen-bond donors (Lipinski definition) is 1. The van der Waals surface area contributed by atoms with E-state index in [9.17, 15) is 4.79 Å². The van der Waals surface area contributed by atoms with Gasteiger partial charge in [0.15, 0.2) is 5.96 Å². The summed E-state index contributed by atoms with van der Waals surface area (Å²) in [7, 11) is 1.83. The summed E-state index contributed by atoms with van der Waals surface area (Å²) in [6.45, 7) is 2.00. The molecule has 5 nitrogen and oxygen atoms in total. The van der Waals surface area contributed by atoms with Crippen LogP contribution in [-0.4, -0.2) is 36.9 Å². The van der Waals surface area contributed by atoms with Gasteiger partial charge in [-0.3, -0.25) is 4.79 Å². The smallest absolute Gasteiger partial charge is 0.226 e. The number of likely N-dealkylation sites (tertiary alicyclic amines) is 1. The fraction of sp³-hybridized carbons (Fsp3) is 0.364. The maximum absolute atomic E-state index is 12.3. The molecule has 2 aromatic carbocycles. The van der Waals surface area contributed by atoms with E-state index in [1.165, 1.54) is 18.4 Å². The van der Waals surface area contributed by atoms with Gasteiger partial charge in [0.1, 0.15) is 0 Å². The largest absolute Gasteiger partial charge is 0.369 e.